The van der Waals surface area contributed by atoms with Crippen LogP contribution < -0.4 is 0 Å². The summed E-state index contributed by atoms with van der Waals surface area (Å²) < 4.78 is 9.92. The van der Waals surface area contributed by atoms with Crippen LogP contribution in [0.5, 0.6) is 0 Å². The van der Waals surface area contributed by atoms with E-state index in [4.69, 9.17) is 9.47 Å². The molecule has 1 aliphatic heterocycles. The van der Waals surface area contributed by atoms with Crippen molar-refractivity contribution in [1.82, 2.24) is 4.98 Å². The second-order valence-corrected chi connectivity index (χ2v) is 4.02. The van der Waals surface area contributed by atoms with Gasteiger partial charge in [-0.2, -0.15) is 0 Å². The number of pyridine rings is 1. The summed E-state index contributed by atoms with van der Waals surface area (Å²) >= 11 is 0. The van der Waals surface area contributed by atoms with Crippen LogP contribution in [0.2, 0.25) is 0 Å². The predicted octanol–water partition coefficient (Wildman–Crippen LogP) is 1.30. The maximum absolute atomic E-state index is 11.6. The maximum atomic E-state index is 11.6. The molecule has 0 radical (unpaired) electrons. The molecule has 1 aromatic heterocycles. The highest BCUT2D eigenvalue weighted by atomic mass is 16.7. The van der Waals surface area contributed by atoms with E-state index in [0.29, 0.717) is 5.56 Å². The Morgan fingerprint density at radius 2 is 1.88 bits per heavy atom. The Kier molecular flexibility index (Phi) is 2.67. The molecular formula is C12H11NO4. The standard InChI is InChI=1S/C12H11NO4/c1-12(2)16-10(14)9(11(15)17-12)6-8-4-3-5-13-7-8/h3-7H,1-2H3. The molecule has 1 saturated heterocycles. The van der Waals surface area contributed by atoms with E-state index in [1.807, 2.05) is 0 Å². The van der Waals surface area contributed by atoms with Gasteiger partial charge in [0.15, 0.2) is 0 Å². The topological polar surface area (TPSA) is 65.5 Å². The van der Waals surface area contributed by atoms with Crippen molar-refractivity contribution in [3.8, 4) is 0 Å². The van der Waals surface area contributed by atoms with Gasteiger partial charge in [0.1, 0.15) is 5.57 Å². The van der Waals surface area contributed by atoms with Gasteiger partial charge in [0.25, 0.3) is 5.79 Å². The molecule has 2 rings (SSSR count). The van der Waals surface area contributed by atoms with E-state index in [1.165, 1.54) is 26.1 Å². The minimum atomic E-state index is -1.21. The number of cyclic esters (lactones) is 2. The summed E-state index contributed by atoms with van der Waals surface area (Å²) in [6.07, 6.45) is 4.53. The van der Waals surface area contributed by atoms with Crippen LogP contribution in [0.4, 0.5) is 0 Å². The molecule has 5 nitrogen and oxygen atoms in total. The molecule has 1 aliphatic rings. The van der Waals surface area contributed by atoms with Gasteiger partial charge in [-0.3, -0.25) is 4.98 Å². The number of ether oxygens (including phenoxy) is 2. The summed E-state index contributed by atoms with van der Waals surface area (Å²) in [5.41, 5.74) is 0.508. The third-order valence-corrected chi connectivity index (χ3v) is 2.11. The van der Waals surface area contributed by atoms with E-state index in [2.05, 4.69) is 4.98 Å². The fourth-order valence-electron chi connectivity index (χ4n) is 1.41. The molecule has 2 heterocycles. The Morgan fingerprint density at radius 3 is 2.41 bits per heavy atom. The zero-order valence-corrected chi connectivity index (χ0v) is 9.47. The van der Waals surface area contributed by atoms with Crippen molar-refractivity contribution < 1.29 is 19.1 Å². The molecular weight excluding hydrogens is 222 g/mol. The Labute approximate surface area is 98.1 Å². The first-order chi connectivity index (χ1) is 7.98. The molecule has 1 aromatic rings. The summed E-state index contributed by atoms with van der Waals surface area (Å²) in [6.45, 7) is 3.01. The van der Waals surface area contributed by atoms with Crippen LogP contribution in [-0.2, 0) is 19.1 Å². The summed E-state index contributed by atoms with van der Waals surface area (Å²) in [6, 6.07) is 3.43. The number of carbonyl (C=O) groups excluding carboxylic acids is 2. The maximum Gasteiger partial charge on any atom is 0.348 e. The van der Waals surface area contributed by atoms with Gasteiger partial charge in [0.2, 0.25) is 0 Å². The average molecular weight is 233 g/mol. The molecule has 0 aliphatic carbocycles. The second-order valence-electron chi connectivity index (χ2n) is 4.02. The molecule has 0 aromatic carbocycles. The first-order valence-corrected chi connectivity index (χ1v) is 5.06. The number of rotatable bonds is 1. The highest BCUT2D eigenvalue weighted by Gasteiger charge is 2.38. The monoisotopic (exact) mass is 233 g/mol. The Morgan fingerprint density at radius 1 is 1.24 bits per heavy atom. The Hall–Kier alpha value is -2.17. The van der Waals surface area contributed by atoms with Crippen LogP contribution in [0, 0.1) is 0 Å². The minimum absolute atomic E-state index is 0.127. The molecule has 5 heteroatoms. The summed E-state index contributed by atoms with van der Waals surface area (Å²) in [7, 11) is 0. The molecule has 0 saturated carbocycles. The van der Waals surface area contributed by atoms with Crippen LogP contribution >= 0.6 is 0 Å². The van der Waals surface area contributed by atoms with Crippen molar-refractivity contribution in [3.05, 3.63) is 35.7 Å². The largest absolute Gasteiger partial charge is 0.419 e. The number of carbonyl (C=O) groups is 2. The van der Waals surface area contributed by atoms with Gasteiger partial charge < -0.3 is 9.47 Å². The molecule has 0 unspecified atom stereocenters. The smallest absolute Gasteiger partial charge is 0.348 e. The van der Waals surface area contributed by atoms with Crippen molar-refractivity contribution in [1.29, 1.82) is 0 Å². The average Bonchev–Trinajstić information content (AvgIpc) is 2.24. The van der Waals surface area contributed by atoms with Gasteiger partial charge >= 0.3 is 11.9 Å². The molecule has 0 spiro atoms. The number of aromatic nitrogens is 1. The van der Waals surface area contributed by atoms with Gasteiger partial charge in [-0.1, -0.05) is 6.07 Å². The van der Waals surface area contributed by atoms with Crippen LogP contribution in [-0.4, -0.2) is 22.7 Å². The van der Waals surface area contributed by atoms with Gasteiger partial charge in [-0.25, -0.2) is 9.59 Å². The van der Waals surface area contributed by atoms with Crippen molar-refractivity contribution in [2.75, 3.05) is 0 Å². The van der Waals surface area contributed by atoms with E-state index >= 15 is 0 Å². The third kappa shape index (κ3) is 2.50. The van der Waals surface area contributed by atoms with E-state index in [0.717, 1.165) is 0 Å². The molecule has 1 fully saturated rings. The van der Waals surface area contributed by atoms with E-state index < -0.39 is 17.7 Å². The highest BCUT2D eigenvalue weighted by Crippen LogP contribution is 2.23. The van der Waals surface area contributed by atoms with Crippen molar-refractivity contribution >= 4 is 18.0 Å². The summed E-state index contributed by atoms with van der Waals surface area (Å²) in [5, 5.41) is 0. The Bertz CT molecular complexity index is 468. The predicted molar refractivity (Wildman–Crippen MR) is 58.5 cm³/mol. The first kappa shape index (κ1) is 11.3. The lowest BCUT2D eigenvalue weighted by atomic mass is 10.1. The zero-order chi connectivity index (χ0) is 12.5. The lowest BCUT2D eigenvalue weighted by Crippen LogP contribution is -2.41. The molecule has 0 bridgehead atoms. The summed E-state index contributed by atoms with van der Waals surface area (Å²) in [5.74, 6) is -2.58. The van der Waals surface area contributed by atoms with Gasteiger partial charge in [-0.15, -0.1) is 0 Å². The van der Waals surface area contributed by atoms with Crippen molar-refractivity contribution in [3.63, 3.8) is 0 Å². The lowest BCUT2D eigenvalue weighted by molar-refractivity contribution is -0.222. The highest BCUT2D eigenvalue weighted by molar-refractivity contribution is 6.18. The van der Waals surface area contributed by atoms with Crippen LogP contribution in [0.1, 0.15) is 19.4 Å². The van der Waals surface area contributed by atoms with Gasteiger partial charge in [0, 0.05) is 26.2 Å². The fourth-order valence-corrected chi connectivity index (χ4v) is 1.41. The van der Waals surface area contributed by atoms with Crippen LogP contribution in [0.3, 0.4) is 0 Å². The number of nitrogens with zero attached hydrogens (tertiary/aromatic N) is 1. The fraction of sp³-hybridized carbons (Fsp3) is 0.250. The summed E-state index contributed by atoms with van der Waals surface area (Å²) in [4.78, 5) is 27.1. The van der Waals surface area contributed by atoms with E-state index in [9.17, 15) is 9.59 Å². The Balaban J connectivity index is 2.31. The lowest BCUT2D eigenvalue weighted by Gasteiger charge is -2.29. The van der Waals surface area contributed by atoms with E-state index in [1.54, 1.807) is 18.3 Å². The number of esters is 2. The normalized spacial score (nSPS) is 18.4. The van der Waals surface area contributed by atoms with E-state index in [-0.39, 0.29) is 5.57 Å². The first-order valence-electron chi connectivity index (χ1n) is 5.06. The third-order valence-electron chi connectivity index (χ3n) is 2.11. The number of hydrogen-bond acceptors (Lipinski definition) is 5. The molecule has 88 valence electrons. The van der Waals surface area contributed by atoms with Crippen LogP contribution in [0.25, 0.3) is 6.08 Å². The van der Waals surface area contributed by atoms with Gasteiger partial charge in [-0.05, 0) is 17.7 Å². The van der Waals surface area contributed by atoms with Gasteiger partial charge in [0.05, 0.1) is 0 Å². The number of hydrogen-bond donors (Lipinski definition) is 0. The van der Waals surface area contributed by atoms with Crippen LogP contribution in [0.15, 0.2) is 30.1 Å². The quantitative estimate of drug-likeness (QED) is 0.415. The SMILES string of the molecule is CC1(C)OC(=O)C(=Cc2cccnc2)C(=O)O1. The zero-order valence-electron chi connectivity index (χ0n) is 9.47. The molecule has 0 N–H and O–H groups in total. The van der Waals surface area contributed by atoms with Crippen molar-refractivity contribution in [2.45, 2.75) is 19.6 Å². The molecule has 0 atom stereocenters. The molecule has 0 amide bonds. The second kappa shape index (κ2) is 4.01. The van der Waals surface area contributed by atoms with Crippen molar-refractivity contribution in [2.24, 2.45) is 0 Å². The minimum Gasteiger partial charge on any atom is -0.419 e. The molecule has 17 heavy (non-hydrogen) atoms.